The van der Waals surface area contributed by atoms with Crippen molar-refractivity contribution in [3.8, 4) is 0 Å². The van der Waals surface area contributed by atoms with Crippen LogP contribution in [-0.2, 0) is 10.3 Å². The first-order valence-electron chi connectivity index (χ1n) is 14.4. The van der Waals surface area contributed by atoms with Gasteiger partial charge in [0.1, 0.15) is 5.54 Å². The van der Waals surface area contributed by atoms with Crippen LogP contribution in [0.5, 0.6) is 0 Å². The molecular weight excluding hydrogens is 448 g/mol. The molecular formula is C30H48N2O2Si. The van der Waals surface area contributed by atoms with Crippen LogP contribution < -0.4 is 0 Å². The maximum atomic E-state index is 15.0. The Morgan fingerprint density at radius 2 is 1.23 bits per heavy atom. The normalized spacial score (nSPS) is 25.5. The number of imide groups is 1. The van der Waals surface area contributed by atoms with E-state index in [2.05, 4.69) is 70.4 Å². The summed E-state index contributed by atoms with van der Waals surface area (Å²) in [5.41, 5.74) is 1.27. The topological polar surface area (TPSA) is 40.6 Å². The Bertz CT molecular complexity index is 865. The highest BCUT2D eigenvalue weighted by Gasteiger charge is 2.69. The van der Waals surface area contributed by atoms with Gasteiger partial charge in [0.2, 0.25) is 0 Å². The molecule has 4 nitrogen and oxygen atoms in total. The lowest BCUT2D eigenvalue weighted by Crippen LogP contribution is -2.69. The van der Waals surface area contributed by atoms with Crippen LogP contribution in [0.1, 0.15) is 111 Å². The maximum Gasteiger partial charge on any atom is 0.320 e. The minimum absolute atomic E-state index is 0.0408. The van der Waals surface area contributed by atoms with E-state index in [-0.39, 0.29) is 23.9 Å². The molecule has 2 aliphatic carbocycles. The first kappa shape index (κ1) is 26.4. The molecule has 1 aliphatic heterocycles. The van der Waals surface area contributed by atoms with Gasteiger partial charge in [0.15, 0.2) is 8.24 Å². The van der Waals surface area contributed by atoms with Gasteiger partial charge in [-0.3, -0.25) is 9.69 Å². The minimum atomic E-state index is -2.49. The third kappa shape index (κ3) is 4.00. The van der Waals surface area contributed by atoms with E-state index in [1.807, 2.05) is 6.07 Å². The number of hydrogen-bond acceptors (Lipinski definition) is 2. The average molecular weight is 497 g/mol. The average Bonchev–Trinajstić information content (AvgIpc) is 3.08. The highest BCUT2D eigenvalue weighted by atomic mass is 28.3. The molecule has 1 unspecified atom stereocenters. The van der Waals surface area contributed by atoms with Crippen LogP contribution in [0.25, 0.3) is 0 Å². The van der Waals surface area contributed by atoms with E-state index in [1.165, 1.54) is 12.8 Å². The molecule has 4 rings (SSSR count). The second-order valence-corrected chi connectivity index (χ2v) is 18.1. The van der Waals surface area contributed by atoms with Crippen LogP contribution in [0.4, 0.5) is 4.79 Å². The first-order chi connectivity index (χ1) is 16.7. The Balaban J connectivity index is 2.03. The van der Waals surface area contributed by atoms with Crippen LogP contribution in [-0.4, -0.2) is 35.7 Å². The molecule has 0 N–H and O–H groups in total. The quantitative estimate of drug-likeness (QED) is 0.282. The van der Waals surface area contributed by atoms with E-state index in [0.717, 1.165) is 56.9 Å². The predicted octanol–water partition coefficient (Wildman–Crippen LogP) is 8.23. The van der Waals surface area contributed by atoms with Crippen molar-refractivity contribution < 1.29 is 9.59 Å². The Kier molecular flexibility index (Phi) is 7.85. The third-order valence-electron chi connectivity index (χ3n) is 9.81. The smallest absolute Gasteiger partial charge is 0.320 e. The fourth-order valence-corrected chi connectivity index (χ4v) is 15.6. The van der Waals surface area contributed by atoms with Gasteiger partial charge in [-0.05, 0) is 53.8 Å². The summed E-state index contributed by atoms with van der Waals surface area (Å²) < 4.78 is 2.34. The summed E-state index contributed by atoms with van der Waals surface area (Å²) in [7, 11) is -2.49. The predicted molar refractivity (Wildman–Crippen MR) is 147 cm³/mol. The van der Waals surface area contributed by atoms with Crippen molar-refractivity contribution in [3.05, 3.63) is 35.9 Å². The van der Waals surface area contributed by atoms with Crippen LogP contribution >= 0.6 is 0 Å². The lowest BCUT2D eigenvalue weighted by Gasteiger charge is -2.56. The van der Waals surface area contributed by atoms with Crippen molar-refractivity contribution in [2.24, 2.45) is 5.92 Å². The number of carbonyl (C=O) groups excluding carboxylic acids is 2. The molecule has 1 heterocycles. The van der Waals surface area contributed by atoms with Crippen molar-refractivity contribution >= 4 is 20.2 Å². The van der Waals surface area contributed by atoms with E-state index >= 15 is 4.79 Å². The summed E-state index contributed by atoms with van der Waals surface area (Å²) in [5, 5.41) is 0. The van der Waals surface area contributed by atoms with Crippen LogP contribution in [0.2, 0.25) is 16.6 Å². The molecule has 0 radical (unpaired) electrons. The second kappa shape index (κ2) is 10.4. The lowest BCUT2D eigenvalue weighted by molar-refractivity contribution is -0.138. The molecule has 3 fully saturated rings. The van der Waals surface area contributed by atoms with Gasteiger partial charge in [0, 0.05) is 6.04 Å². The molecule has 5 heteroatoms. The van der Waals surface area contributed by atoms with Gasteiger partial charge in [0.05, 0.1) is 0 Å². The summed E-state index contributed by atoms with van der Waals surface area (Å²) in [6, 6.07) is 10.6. The monoisotopic (exact) mass is 496 g/mol. The summed E-state index contributed by atoms with van der Waals surface area (Å²) >= 11 is 0. The Labute approximate surface area is 214 Å². The molecule has 1 aromatic rings. The Morgan fingerprint density at radius 3 is 1.71 bits per heavy atom. The van der Waals surface area contributed by atoms with Crippen molar-refractivity contribution in [2.75, 3.05) is 0 Å². The summed E-state index contributed by atoms with van der Waals surface area (Å²) in [4.78, 5) is 31.7. The number of rotatable bonds is 7. The van der Waals surface area contributed by atoms with E-state index in [0.29, 0.717) is 16.6 Å². The minimum Gasteiger partial charge on any atom is -0.333 e. The highest BCUT2D eigenvalue weighted by Crippen LogP contribution is 2.57. The van der Waals surface area contributed by atoms with Gasteiger partial charge >= 0.3 is 6.03 Å². The van der Waals surface area contributed by atoms with E-state index in [4.69, 9.17) is 0 Å². The zero-order valence-corrected chi connectivity index (χ0v) is 24.1. The molecule has 0 aromatic heterocycles. The molecule has 0 spiro atoms. The number of carbonyl (C=O) groups is 2. The third-order valence-corrected chi connectivity index (χ3v) is 16.7. The maximum absolute atomic E-state index is 15.0. The molecule has 35 heavy (non-hydrogen) atoms. The molecule has 194 valence electrons. The number of nitrogens with zero attached hydrogens (tertiary/aromatic N) is 2. The van der Waals surface area contributed by atoms with Crippen molar-refractivity contribution in [1.82, 2.24) is 9.47 Å². The van der Waals surface area contributed by atoms with Crippen molar-refractivity contribution in [1.29, 1.82) is 0 Å². The molecule has 1 saturated heterocycles. The van der Waals surface area contributed by atoms with Gasteiger partial charge in [0.25, 0.3) is 5.91 Å². The fraction of sp³-hybridized carbons (Fsp3) is 0.733. The Morgan fingerprint density at radius 1 is 0.743 bits per heavy atom. The second-order valence-electron chi connectivity index (χ2n) is 12.4. The number of hydrogen-bond donors (Lipinski definition) is 0. The largest absolute Gasteiger partial charge is 0.333 e. The van der Waals surface area contributed by atoms with Crippen LogP contribution in [0, 0.1) is 5.92 Å². The van der Waals surface area contributed by atoms with Gasteiger partial charge in [-0.1, -0.05) is 110 Å². The SMILES string of the molecule is CC(C)[Si](C(C)C)(C(C)C)N1C(=O)N(C2CCCCC2)C(=O)C1(c1ccccc1)C1CCCCC1. The van der Waals surface area contributed by atoms with Gasteiger partial charge < -0.3 is 4.57 Å². The Hall–Kier alpha value is -1.62. The van der Waals surface area contributed by atoms with Crippen molar-refractivity contribution in [3.63, 3.8) is 0 Å². The van der Waals surface area contributed by atoms with E-state index < -0.39 is 13.8 Å². The van der Waals surface area contributed by atoms with E-state index in [1.54, 1.807) is 4.90 Å². The molecule has 0 bridgehead atoms. The number of amides is 3. The van der Waals surface area contributed by atoms with Gasteiger partial charge in [-0.2, -0.15) is 0 Å². The van der Waals surface area contributed by atoms with Crippen LogP contribution in [0.15, 0.2) is 30.3 Å². The summed E-state index contributed by atoms with van der Waals surface area (Å²) in [6.07, 6.45) is 11.0. The van der Waals surface area contributed by atoms with Crippen LogP contribution in [0.3, 0.4) is 0 Å². The fourth-order valence-electron chi connectivity index (χ4n) is 8.59. The summed E-state index contributed by atoms with van der Waals surface area (Å²) in [5.74, 6) is 0.290. The molecule has 1 atom stereocenters. The zero-order valence-electron chi connectivity index (χ0n) is 23.1. The molecule has 3 aliphatic rings. The van der Waals surface area contributed by atoms with Crippen molar-refractivity contribution in [2.45, 2.75) is 134 Å². The number of urea groups is 1. The van der Waals surface area contributed by atoms with Gasteiger partial charge in [-0.25, -0.2) is 4.79 Å². The van der Waals surface area contributed by atoms with E-state index in [9.17, 15) is 4.79 Å². The molecule has 1 aromatic carbocycles. The number of benzene rings is 1. The summed E-state index contributed by atoms with van der Waals surface area (Å²) in [6.45, 7) is 13.9. The lowest BCUT2D eigenvalue weighted by atomic mass is 9.70. The molecule has 2 saturated carbocycles. The van der Waals surface area contributed by atoms with Gasteiger partial charge in [-0.15, -0.1) is 0 Å². The standard InChI is InChI=1S/C30H48N2O2Si/c1-22(2)35(23(3)4,24(5)6)32-29(34)31(27-20-14-9-15-21-27)28(33)30(32,25-16-10-7-11-17-25)26-18-12-8-13-19-26/h7,10-11,16-17,22-24,26-27H,8-9,12-15,18-21H2,1-6H3. The highest BCUT2D eigenvalue weighted by molar-refractivity contribution is 6.83. The molecule has 3 amide bonds. The first-order valence-corrected chi connectivity index (χ1v) is 16.6. The zero-order chi connectivity index (χ0) is 25.4.